The predicted molar refractivity (Wildman–Crippen MR) is 117 cm³/mol. The molecule has 4 rings (SSSR count). The lowest BCUT2D eigenvalue weighted by Crippen LogP contribution is -2.49. The van der Waals surface area contributed by atoms with Crippen LogP contribution in [-0.2, 0) is 16.7 Å². The highest BCUT2D eigenvalue weighted by atomic mass is 35.5. The molecular formula is C20H21Cl2N5O2S. The molecule has 0 unspecified atom stereocenters. The van der Waals surface area contributed by atoms with Crippen LogP contribution in [0, 0.1) is 6.92 Å². The Bertz CT molecular complexity index is 1120. The highest BCUT2D eigenvalue weighted by molar-refractivity contribution is 7.89. The molecule has 2 aromatic carbocycles. The van der Waals surface area contributed by atoms with Gasteiger partial charge in [-0.15, -0.1) is 0 Å². The summed E-state index contributed by atoms with van der Waals surface area (Å²) >= 11 is 12.3. The fourth-order valence-corrected chi connectivity index (χ4v) is 6.03. The van der Waals surface area contributed by atoms with Crippen LogP contribution in [0.5, 0.6) is 0 Å². The number of nitrogens with zero attached hydrogens (tertiary/aromatic N) is 5. The molecule has 7 nitrogen and oxygen atoms in total. The van der Waals surface area contributed by atoms with Crippen molar-refractivity contribution in [2.45, 2.75) is 18.5 Å². The second-order valence-corrected chi connectivity index (χ2v) is 9.75. The normalized spacial score (nSPS) is 16.1. The van der Waals surface area contributed by atoms with E-state index in [9.17, 15) is 8.42 Å². The highest BCUT2D eigenvalue weighted by Crippen LogP contribution is 2.32. The van der Waals surface area contributed by atoms with Crippen LogP contribution in [0.15, 0.2) is 53.4 Å². The summed E-state index contributed by atoms with van der Waals surface area (Å²) in [6, 6.07) is 14.6. The number of halogens is 2. The van der Waals surface area contributed by atoms with Gasteiger partial charge in [0.05, 0.1) is 16.7 Å². The molecule has 0 atom stereocenters. The van der Waals surface area contributed by atoms with E-state index < -0.39 is 10.0 Å². The zero-order chi connectivity index (χ0) is 21.3. The van der Waals surface area contributed by atoms with Gasteiger partial charge in [0.15, 0.2) is 5.82 Å². The third-order valence-corrected chi connectivity index (χ3v) is 7.85. The second-order valence-electron chi connectivity index (χ2n) is 7.06. The molecule has 3 aromatic rings. The lowest BCUT2D eigenvalue weighted by atomic mass is 10.2. The molecule has 1 aliphatic rings. The van der Waals surface area contributed by atoms with Gasteiger partial charge in [-0.25, -0.2) is 18.1 Å². The minimum Gasteiger partial charge on any atom is -0.282 e. The maximum atomic E-state index is 13.0. The zero-order valence-corrected chi connectivity index (χ0v) is 18.7. The lowest BCUT2D eigenvalue weighted by Gasteiger charge is -2.34. The van der Waals surface area contributed by atoms with Crippen molar-refractivity contribution >= 4 is 33.2 Å². The highest BCUT2D eigenvalue weighted by Gasteiger charge is 2.32. The smallest absolute Gasteiger partial charge is 0.246 e. The van der Waals surface area contributed by atoms with Crippen LogP contribution in [0.25, 0.3) is 11.4 Å². The molecule has 10 heteroatoms. The van der Waals surface area contributed by atoms with E-state index in [1.54, 1.807) is 6.07 Å². The van der Waals surface area contributed by atoms with E-state index in [-0.39, 0.29) is 14.9 Å². The Hall–Kier alpha value is -1.97. The summed E-state index contributed by atoms with van der Waals surface area (Å²) < 4.78 is 29.4. The molecule has 1 aliphatic heterocycles. The molecule has 0 saturated carbocycles. The molecular weight excluding hydrogens is 445 g/mol. The summed E-state index contributed by atoms with van der Waals surface area (Å²) in [5, 5.41) is 4.79. The summed E-state index contributed by atoms with van der Waals surface area (Å²) in [5.41, 5.74) is 0.993. The van der Waals surface area contributed by atoms with Crippen molar-refractivity contribution in [2.75, 3.05) is 26.2 Å². The van der Waals surface area contributed by atoms with E-state index in [1.807, 2.05) is 41.9 Å². The van der Waals surface area contributed by atoms with Gasteiger partial charge in [-0.05, 0) is 19.1 Å². The summed E-state index contributed by atoms with van der Waals surface area (Å²) in [7, 11) is -3.76. The van der Waals surface area contributed by atoms with Crippen LogP contribution < -0.4 is 0 Å². The Morgan fingerprint density at radius 1 is 0.933 bits per heavy atom. The van der Waals surface area contributed by atoms with Crippen LogP contribution >= 0.6 is 23.2 Å². The monoisotopic (exact) mass is 465 g/mol. The van der Waals surface area contributed by atoms with Crippen LogP contribution in [0.1, 0.15) is 5.82 Å². The molecule has 158 valence electrons. The van der Waals surface area contributed by atoms with Gasteiger partial charge in [0.1, 0.15) is 10.7 Å². The van der Waals surface area contributed by atoms with E-state index in [1.165, 1.54) is 16.4 Å². The predicted octanol–water partition coefficient (Wildman–Crippen LogP) is 3.52. The number of piperazine rings is 1. The molecule has 0 spiro atoms. The van der Waals surface area contributed by atoms with Gasteiger partial charge in [0, 0.05) is 31.7 Å². The van der Waals surface area contributed by atoms with Gasteiger partial charge in [0.25, 0.3) is 0 Å². The minimum absolute atomic E-state index is 0.0277. The van der Waals surface area contributed by atoms with Crippen LogP contribution in [-0.4, -0.2) is 58.6 Å². The van der Waals surface area contributed by atoms with Crippen molar-refractivity contribution in [3.8, 4) is 11.4 Å². The zero-order valence-electron chi connectivity index (χ0n) is 16.4. The number of aromatic nitrogens is 3. The molecule has 30 heavy (non-hydrogen) atoms. The average molecular weight is 466 g/mol. The topological polar surface area (TPSA) is 71.3 Å². The van der Waals surface area contributed by atoms with E-state index in [0.29, 0.717) is 38.7 Å². The molecule has 2 heterocycles. The average Bonchev–Trinajstić information content (AvgIpc) is 3.09. The molecule has 1 aromatic heterocycles. The number of aryl methyl sites for hydroxylation is 1. The largest absolute Gasteiger partial charge is 0.282 e. The Balaban J connectivity index is 1.48. The molecule has 0 bridgehead atoms. The van der Waals surface area contributed by atoms with E-state index in [2.05, 4.69) is 15.0 Å². The Morgan fingerprint density at radius 3 is 2.20 bits per heavy atom. The number of rotatable bonds is 5. The number of hydrogen-bond donors (Lipinski definition) is 0. The SMILES string of the molecule is Cc1nc(-c2ccccc2)n(CN2CCN(S(=O)(=O)c3c(Cl)cccc3Cl)CC2)n1. The van der Waals surface area contributed by atoms with Crippen molar-refractivity contribution in [2.24, 2.45) is 0 Å². The van der Waals surface area contributed by atoms with Crippen LogP contribution in [0.3, 0.4) is 0 Å². The third-order valence-electron chi connectivity index (χ3n) is 4.99. The fraction of sp³-hybridized carbons (Fsp3) is 0.300. The molecule has 1 fully saturated rings. The first-order valence-corrected chi connectivity index (χ1v) is 11.7. The van der Waals surface area contributed by atoms with Gasteiger partial charge in [0.2, 0.25) is 10.0 Å². The molecule has 1 saturated heterocycles. The first-order chi connectivity index (χ1) is 14.4. The van der Waals surface area contributed by atoms with Gasteiger partial charge >= 0.3 is 0 Å². The first kappa shape index (κ1) is 21.3. The van der Waals surface area contributed by atoms with E-state index >= 15 is 0 Å². The van der Waals surface area contributed by atoms with Crippen molar-refractivity contribution in [1.82, 2.24) is 24.0 Å². The Morgan fingerprint density at radius 2 is 1.57 bits per heavy atom. The molecule has 0 N–H and O–H groups in total. The first-order valence-electron chi connectivity index (χ1n) is 9.49. The summed E-state index contributed by atoms with van der Waals surface area (Å²) in [6.45, 7) is 4.21. The number of hydrogen-bond acceptors (Lipinski definition) is 5. The van der Waals surface area contributed by atoms with Gasteiger partial charge in [-0.1, -0.05) is 59.6 Å². The van der Waals surface area contributed by atoms with Crippen molar-refractivity contribution in [3.05, 3.63) is 64.4 Å². The van der Waals surface area contributed by atoms with Gasteiger partial charge in [-0.3, -0.25) is 4.90 Å². The summed E-state index contributed by atoms with van der Waals surface area (Å²) in [4.78, 5) is 6.68. The van der Waals surface area contributed by atoms with Gasteiger partial charge < -0.3 is 0 Å². The second kappa shape index (κ2) is 8.64. The van der Waals surface area contributed by atoms with Crippen molar-refractivity contribution in [1.29, 1.82) is 0 Å². The Labute approximate surface area is 185 Å². The molecule has 0 aliphatic carbocycles. The third kappa shape index (κ3) is 4.24. The number of sulfonamides is 1. The van der Waals surface area contributed by atoms with Crippen LogP contribution in [0.4, 0.5) is 0 Å². The Kier molecular flexibility index (Phi) is 6.13. The van der Waals surface area contributed by atoms with Crippen LogP contribution in [0.2, 0.25) is 10.0 Å². The quantitative estimate of drug-likeness (QED) is 0.576. The summed E-state index contributed by atoms with van der Waals surface area (Å²) in [6.07, 6.45) is 0. The van der Waals surface area contributed by atoms with Crippen molar-refractivity contribution in [3.63, 3.8) is 0 Å². The molecule has 0 radical (unpaired) electrons. The lowest BCUT2D eigenvalue weighted by molar-refractivity contribution is 0.146. The van der Waals surface area contributed by atoms with E-state index in [4.69, 9.17) is 23.2 Å². The maximum Gasteiger partial charge on any atom is 0.246 e. The fourth-order valence-electron chi connectivity index (χ4n) is 3.51. The minimum atomic E-state index is -3.76. The summed E-state index contributed by atoms with van der Waals surface area (Å²) in [5.74, 6) is 1.49. The van der Waals surface area contributed by atoms with Gasteiger partial charge in [-0.2, -0.15) is 9.40 Å². The number of benzene rings is 2. The standard InChI is InChI=1S/C20H21Cl2N5O2S/c1-15-23-20(16-6-3-2-4-7-16)27(24-15)14-25-10-12-26(13-11-25)30(28,29)19-17(21)8-5-9-18(19)22/h2-9H,10-14H2,1H3. The van der Waals surface area contributed by atoms with E-state index in [0.717, 1.165) is 11.4 Å². The van der Waals surface area contributed by atoms with Crippen molar-refractivity contribution < 1.29 is 8.42 Å². The molecule has 0 amide bonds. The maximum absolute atomic E-state index is 13.0.